The predicted octanol–water partition coefficient (Wildman–Crippen LogP) is 8.50. The molecule has 2 saturated heterocycles. The van der Waals surface area contributed by atoms with Crippen LogP contribution in [-0.2, 0) is 23.7 Å². The lowest BCUT2D eigenvalue weighted by molar-refractivity contribution is -0.359. The molecule has 2 rings (SSSR count). The highest BCUT2D eigenvalue weighted by atomic mass is 16.7. The Morgan fingerprint density at radius 2 is 0.928 bits per heavy atom. The van der Waals surface area contributed by atoms with E-state index in [4.69, 9.17) is 18.9 Å². The van der Waals surface area contributed by atoms with Gasteiger partial charge >= 0.3 is 0 Å². The van der Waals surface area contributed by atoms with E-state index in [-0.39, 0.29) is 18.9 Å². The van der Waals surface area contributed by atoms with E-state index < -0.39 is 86.8 Å². The summed E-state index contributed by atoms with van der Waals surface area (Å²) in [7, 11) is 0. The number of carbonyl (C=O) groups excluding carboxylic acids is 1. The molecule has 0 aliphatic carbocycles. The van der Waals surface area contributed by atoms with Gasteiger partial charge in [-0.15, -0.1) is 0 Å². The summed E-state index contributed by atoms with van der Waals surface area (Å²) >= 11 is 0. The highest BCUT2D eigenvalue weighted by molar-refractivity contribution is 5.76. The predicted molar refractivity (Wildman–Crippen MR) is 272 cm³/mol. The molecule has 14 heteroatoms. The zero-order chi connectivity index (χ0) is 50.3. The fourth-order valence-corrected chi connectivity index (χ4v) is 9.27. The minimum Gasteiger partial charge on any atom is -0.394 e. The topological polar surface area (TPSA) is 228 Å². The number of allylic oxidation sites excluding steroid dienone is 3. The van der Waals surface area contributed by atoms with Crippen molar-refractivity contribution in [2.45, 2.75) is 299 Å². The summed E-state index contributed by atoms with van der Waals surface area (Å²) in [5.41, 5.74) is 0. The lowest BCUT2D eigenvalue weighted by Gasteiger charge is -2.46. The number of unbranched alkanes of at least 4 members (excludes halogenated alkanes) is 29. The third kappa shape index (κ3) is 28.5. The maximum Gasteiger partial charge on any atom is 0.220 e. The van der Waals surface area contributed by atoms with Gasteiger partial charge in [-0.05, 0) is 38.5 Å². The van der Waals surface area contributed by atoms with E-state index in [1.165, 1.54) is 141 Å². The van der Waals surface area contributed by atoms with Gasteiger partial charge in [0.05, 0.1) is 32.0 Å². The smallest absolute Gasteiger partial charge is 0.220 e. The van der Waals surface area contributed by atoms with E-state index in [9.17, 15) is 45.6 Å². The van der Waals surface area contributed by atoms with Crippen molar-refractivity contribution >= 4 is 5.91 Å². The lowest BCUT2D eigenvalue weighted by atomic mass is 9.97. The van der Waals surface area contributed by atoms with Gasteiger partial charge in [0.15, 0.2) is 12.6 Å². The maximum atomic E-state index is 13.2. The molecule has 0 aromatic rings. The molecule has 0 aromatic heterocycles. The molecule has 14 nitrogen and oxygen atoms in total. The van der Waals surface area contributed by atoms with E-state index in [2.05, 4.69) is 31.3 Å². The van der Waals surface area contributed by atoms with Crippen molar-refractivity contribution in [3.8, 4) is 0 Å². The summed E-state index contributed by atoms with van der Waals surface area (Å²) in [5, 5.41) is 86.8. The Hall–Kier alpha value is -1.53. The molecule has 12 atom stereocenters. The van der Waals surface area contributed by atoms with E-state index >= 15 is 0 Å². The average molecular weight is 986 g/mol. The Bertz CT molecular complexity index is 1260. The van der Waals surface area contributed by atoms with Crippen molar-refractivity contribution in [2.75, 3.05) is 19.8 Å². The van der Waals surface area contributed by atoms with Crippen molar-refractivity contribution in [3.05, 3.63) is 24.3 Å². The summed E-state index contributed by atoms with van der Waals surface area (Å²) in [5.74, 6) is -0.249. The van der Waals surface area contributed by atoms with Gasteiger partial charge in [0, 0.05) is 6.42 Å². The number of aliphatic hydroxyl groups is 8. The Morgan fingerprint density at radius 1 is 0.507 bits per heavy atom. The minimum atomic E-state index is -1.79. The van der Waals surface area contributed by atoms with Crippen molar-refractivity contribution < 1.29 is 64.6 Å². The SMILES string of the molecule is CCCC/C=C\CCCCCCCC(=O)NC(COC1OC(CO)C(OC2OC(CO)C(O)C(O)C2O)C(O)C1O)C(O)/C=C/CCCCCCCCCCCCCCCCCCCCCCCC. The first kappa shape index (κ1) is 63.6. The number of ether oxygens (including phenoxy) is 4. The third-order valence-corrected chi connectivity index (χ3v) is 13.9. The van der Waals surface area contributed by atoms with Crippen LogP contribution in [0.3, 0.4) is 0 Å². The number of carbonyl (C=O) groups is 1. The van der Waals surface area contributed by atoms with E-state index in [0.717, 1.165) is 57.8 Å². The number of hydrogen-bond donors (Lipinski definition) is 9. The van der Waals surface area contributed by atoms with Crippen molar-refractivity contribution in [1.29, 1.82) is 0 Å². The van der Waals surface area contributed by atoms with Crippen molar-refractivity contribution in [2.24, 2.45) is 0 Å². The van der Waals surface area contributed by atoms with Gasteiger partial charge in [-0.3, -0.25) is 4.79 Å². The summed E-state index contributed by atoms with van der Waals surface area (Å²) < 4.78 is 22.7. The van der Waals surface area contributed by atoms with Gasteiger partial charge in [0.25, 0.3) is 0 Å². The Labute approximate surface area is 418 Å². The first-order chi connectivity index (χ1) is 33.6. The normalized spacial score (nSPS) is 26.3. The minimum absolute atomic E-state index is 0.249. The fraction of sp³-hybridized carbons (Fsp3) is 0.909. The molecule has 2 heterocycles. The molecule has 0 spiro atoms. The molecule has 406 valence electrons. The van der Waals surface area contributed by atoms with E-state index in [1.54, 1.807) is 6.08 Å². The first-order valence-electron chi connectivity index (χ1n) is 28.1. The molecule has 12 unspecified atom stereocenters. The van der Waals surface area contributed by atoms with Gasteiger partial charge < -0.3 is 65.1 Å². The number of hydrogen-bond acceptors (Lipinski definition) is 13. The van der Waals surface area contributed by atoms with Crippen LogP contribution >= 0.6 is 0 Å². The van der Waals surface area contributed by atoms with Crippen LogP contribution in [0.2, 0.25) is 0 Å². The van der Waals surface area contributed by atoms with Crippen LogP contribution in [0.25, 0.3) is 0 Å². The van der Waals surface area contributed by atoms with E-state index in [0.29, 0.717) is 6.42 Å². The van der Waals surface area contributed by atoms with Crippen LogP contribution in [-0.4, -0.2) is 140 Å². The molecule has 2 aliphatic heterocycles. The third-order valence-electron chi connectivity index (χ3n) is 13.9. The quantitative estimate of drug-likeness (QED) is 0.0206. The van der Waals surface area contributed by atoms with Gasteiger partial charge in [-0.2, -0.15) is 0 Å². The van der Waals surface area contributed by atoms with Gasteiger partial charge in [-0.1, -0.05) is 205 Å². The molecule has 0 bridgehead atoms. The molecule has 9 N–H and O–H groups in total. The summed E-state index contributed by atoms with van der Waals surface area (Å²) in [6, 6.07) is -0.915. The molecule has 2 aliphatic rings. The number of nitrogens with one attached hydrogen (secondary N) is 1. The van der Waals surface area contributed by atoms with Crippen LogP contribution in [0.4, 0.5) is 0 Å². The summed E-state index contributed by atoms with van der Waals surface area (Å²) in [6.45, 7) is 2.75. The second-order valence-corrected chi connectivity index (χ2v) is 20.1. The Balaban J connectivity index is 1.75. The molecule has 1 amide bonds. The van der Waals surface area contributed by atoms with Crippen LogP contribution in [0.1, 0.15) is 226 Å². The lowest BCUT2D eigenvalue weighted by Crippen LogP contribution is -2.65. The number of rotatable bonds is 44. The highest BCUT2D eigenvalue weighted by Gasteiger charge is 2.51. The van der Waals surface area contributed by atoms with Gasteiger partial charge in [0.2, 0.25) is 5.91 Å². The first-order valence-corrected chi connectivity index (χ1v) is 28.1. The average Bonchev–Trinajstić information content (AvgIpc) is 3.35. The molecule has 0 radical (unpaired) electrons. The largest absolute Gasteiger partial charge is 0.394 e. The summed E-state index contributed by atoms with van der Waals surface area (Å²) in [4.78, 5) is 13.2. The second-order valence-electron chi connectivity index (χ2n) is 20.1. The molecular formula is C55H103NO13. The van der Waals surface area contributed by atoms with Crippen LogP contribution in [0.5, 0.6) is 0 Å². The molecule has 69 heavy (non-hydrogen) atoms. The van der Waals surface area contributed by atoms with Crippen LogP contribution in [0, 0.1) is 0 Å². The monoisotopic (exact) mass is 986 g/mol. The number of amides is 1. The highest BCUT2D eigenvalue weighted by Crippen LogP contribution is 2.30. The van der Waals surface area contributed by atoms with Crippen molar-refractivity contribution in [3.63, 3.8) is 0 Å². The standard InChI is InChI=1S/C55H103NO13/c1-3-5-7-9-11-13-15-16-17-18-19-20-21-22-23-24-25-26-27-29-30-32-34-36-38-44(59)43(56-47(60)39-37-35-33-31-28-14-12-10-8-6-4-2)42-66-54-52(65)50(63)53(46(41-58)68-54)69-55-51(64)49(62)48(61)45(40-57)67-55/h10,12,36,38,43-46,48-55,57-59,61-65H,3-9,11,13-35,37,39-42H2,1-2H3,(H,56,60)/b12-10-,38-36+. The summed E-state index contributed by atoms with van der Waals surface area (Å²) in [6.07, 6.45) is 30.9. The molecule has 0 saturated carbocycles. The second kappa shape index (κ2) is 41.9. The zero-order valence-electron chi connectivity index (χ0n) is 43.3. The zero-order valence-corrected chi connectivity index (χ0v) is 43.3. The van der Waals surface area contributed by atoms with Gasteiger partial charge in [-0.25, -0.2) is 0 Å². The molecule has 2 fully saturated rings. The van der Waals surface area contributed by atoms with Crippen LogP contribution < -0.4 is 5.32 Å². The Morgan fingerprint density at radius 3 is 1.42 bits per heavy atom. The van der Waals surface area contributed by atoms with Crippen LogP contribution in [0.15, 0.2) is 24.3 Å². The van der Waals surface area contributed by atoms with Crippen molar-refractivity contribution in [1.82, 2.24) is 5.32 Å². The molecule has 0 aromatic carbocycles. The Kier molecular flexibility index (Phi) is 38.6. The van der Waals surface area contributed by atoms with E-state index in [1.807, 2.05) is 6.08 Å². The number of aliphatic hydroxyl groups excluding tert-OH is 8. The maximum absolute atomic E-state index is 13.2. The fourth-order valence-electron chi connectivity index (χ4n) is 9.27. The molecular weight excluding hydrogens is 883 g/mol. The van der Waals surface area contributed by atoms with Gasteiger partial charge in [0.1, 0.15) is 48.8 Å².